The molecule has 2 amide bonds. The lowest BCUT2D eigenvalue weighted by atomic mass is 9.99. The fourth-order valence-electron chi connectivity index (χ4n) is 2.80. The summed E-state index contributed by atoms with van der Waals surface area (Å²) in [5.74, 6) is -0.340. The lowest BCUT2D eigenvalue weighted by Gasteiger charge is -2.31. The summed E-state index contributed by atoms with van der Waals surface area (Å²) in [7, 11) is 0. The molecule has 23 heavy (non-hydrogen) atoms. The Morgan fingerprint density at radius 2 is 1.96 bits per heavy atom. The largest absolute Gasteiger partial charge is 0.340 e. The van der Waals surface area contributed by atoms with Gasteiger partial charge in [-0.2, -0.15) is 0 Å². The van der Waals surface area contributed by atoms with E-state index in [0.717, 1.165) is 6.42 Å². The van der Waals surface area contributed by atoms with Crippen LogP contribution in [-0.2, 0) is 17.8 Å². The average molecular weight is 309 g/mol. The van der Waals surface area contributed by atoms with Crippen LogP contribution in [0.4, 0.5) is 0 Å². The van der Waals surface area contributed by atoms with Crippen molar-refractivity contribution >= 4 is 11.8 Å². The Morgan fingerprint density at radius 1 is 1.17 bits per heavy atom. The Hall–Kier alpha value is -2.69. The molecule has 0 saturated carbocycles. The number of rotatable bonds is 3. The summed E-state index contributed by atoms with van der Waals surface area (Å²) in [4.78, 5) is 30.4. The van der Waals surface area contributed by atoms with Crippen molar-refractivity contribution in [3.63, 3.8) is 0 Å². The van der Waals surface area contributed by atoms with Crippen LogP contribution in [0.15, 0.2) is 48.8 Å². The second-order valence-corrected chi connectivity index (χ2v) is 5.72. The van der Waals surface area contributed by atoms with E-state index in [9.17, 15) is 9.59 Å². The number of carbonyl (C=O) groups is 2. The smallest absolute Gasteiger partial charge is 0.253 e. The Balaban J connectivity index is 1.63. The number of nitrogens with zero attached hydrogens (tertiary/aromatic N) is 2. The highest BCUT2D eigenvalue weighted by Gasteiger charge is 2.25. The van der Waals surface area contributed by atoms with Crippen molar-refractivity contribution in [2.75, 3.05) is 6.54 Å². The van der Waals surface area contributed by atoms with E-state index in [-0.39, 0.29) is 11.8 Å². The molecule has 0 radical (unpaired) electrons. The van der Waals surface area contributed by atoms with Gasteiger partial charge in [-0.05, 0) is 36.6 Å². The molecule has 1 atom stereocenters. The molecule has 0 unspecified atom stereocenters. The van der Waals surface area contributed by atoms with Gasteiger partial charge in [0.05, 0.1) is 5.56 Å². The number of aromatic nitrogens is 1. The highest BCUT2D eigenvalue weighted by molar-refractivity contribution is 5.97. The number of carbonyl (C=O) groups excluding carboxylic acids is 2. The average Bonchev–Trinajstić information content (AvgIpc) is 2.61. The molecule has 0 spiro atoms. The molecule has 2 heterocycles. The monoisotopic (exact) mass is 309 g/mol. The van der Waals surface area contributed by atoms with Gasteiger partial charge < -0.3 is 10.2 Å². The molecule has 5 nitrogen and oxygen atoms in total. The summed E-state index contributed by atoms with van der Waals surface area (Å²) in [6.45, 7) is 3.00. The molecule has 118 valence electrons. The van der Waals surface area contributed by atoms with Crippen molar-refractivity contribution in [2.45, 2.75) is 25.9 Å². The van der Waals surface area contributed by atoms with Crippen LogP contribution in [-0.4, -0.2) is 34.3 Å². The predicted octanol–water partition coefficient (Wildman–Crippen LogP) is 1.78. The van der Waals surface area contributed by atoms with Gasteiger partial charge >= 0.3 is 0 Å². The number of hydrogen-bond acceptors (Lipinski definition) is 3. The first-order chi connectivity index (χ1) is 11.1. The molecular weight excluding hydrogens is 290 g/mol. The maximum absolute atomic E-state index is 12.6. The minimum atomic E-state index is -0.562. The first kappa shape index (κ1) is 15.2. The second-order valence-electron chi connectivity index (χ2n) is 5.72. The molecule has 0 saturated heterocycles. The maximum atomic E-state index is 12.6. The summed E-state index contributed by atoms with van der Waals surface area (Å²) in [6, 6.07) is 11.0. The van der Waals surface area contributed by atoms with E-state index in [2.05, 4.69) is 16.4 Å². The standard InChI is InChI=1S/C18H19N3O2/c1-13(20-17(22)15-7-4-9-19-11-15)18(23)21-10-8-14-5-2-3-6-16(14)12-21/h2-7,9,11,13H,8,10,12H2,1H3,(H,20,22)/t13-/m0/s1. The van der Waals surface area contributed by atoms with Crippen LogP contribution in [0.1, 0.15) is 28.4 Å². The Labute approximate surface area is 135 Å². The molecule has 5 heteroatoms. The molecule has 1 N–H and O–H groups in total. The van der Waals surface area contributed by atoms with Gasteiger partial charge in [-0.3, -0.25) is 14.6 Å². The van der Waals surface area contributed by atoms with E-state index < -0.39 is 6.04 Å². The minimum Gasteiger partial charge on any atom is -0.340 e. The summed E-state index contributed by atoms with van der Waals surface area (Å²) in [5, 5.41) is 2.75. The van der Waals surface area contributed by atoms with Crippen LogP contribution in [0.25, 0.3) is 0 Å². The molecule has 1 aliphatic heterocycles. The third kappa shape index (κ3) is 3.39. The summed E-state index contributed by atoms with van der Waals surface area (Å²) >= 11 is 0. The van der Waals surface area contributed by atoms with Crippen LogP contribution in [0, 0.1) is 0 Å². The van der Waals surface area contributed by atoms with Crippen molar-refractivity contribution in [1.29, 1.82) is 0 Å². The fourth-order valence-corrected chi connectivity index (χ4v) is 2.80. The van der Waals surface area contributed by atoms with Crippen molar-refractivity contribution < 1.29 is 9.59 Å². The molecule has 1 aliphatic rings. The van der Waals surface area contributed by atoms with Crippen LogP contribution in [0.5, 0.6) is 0 Å². The number of benzene rings is 1. The molecule has 0 bridgehead atoms. The van der Waals surface area contributed by atoms with E-state index >= 15 is 0 Å². The number of nitrogens with one attached hydrogen (secondary N) is 1. The van der Waals surface area contributed by atoms with E-state index in [0.29, 0.717) is 18.7 Å². The number of pyridine rings is 1. The number of amides is 2. The van der Waals surface area contributed by atoms with Crippen molar-refractivity contribution in [2.24, 2.45) is 0 Å². The summed E-state index contributed by atoms with van der Waals surface area (Å²) < 4.78 is 0. The molecule has 0 fully saturated rings. The third-order valence-electron chi connectivity index (χ3n) is 4.08. The first-order valence-electron chi connectivity index (χ1n) is 7.71. The van der Waals surface area contributed by atoms with E-state index in [1.807, 2.05) is 18.2 Å². The van der Waals surface area contributed by atoms with Crippen molar-refractivity contribution in [3.8, 4) is 0 Å². The van der Waals surface area contributed by atoms with Gasteiger partial charge in [0.2, 0.25) is 5.91 Å². The van der Waals surface area contributed by atoms with Gasteiger partial charge in [0, 0.05) is 25.5 Å². The SMILES string of the molecule is C[C@H](NC(=O)c1cccnc1)C(=O)N1CCc2ccccc2C1. The van der Waals surface area contributed by atoms with E-state index in [4.69, 9.17) is 0 Å². The van der Waals surface area contributed by atoms with Crippen molar-refractivity contribution in [1.82, 2.24) is 15.2 Å². The van der Waals surface area contributed by atoms with Gasteiger partial charge in [0.25, 0.3) is 5.91 Å². The molecule has 1 aromatic carbocycles. The van der Waals surface area contributed by atoms with E-state index in [1.165, 1.54) is 17.3 Å². The molecule has 2 aromatic rings. The lowest BCUT2D eigenvalue weighted by Crippen LogP contribution is -2.48. The molecule has 0 aliphatic carbocycles. The molecule has 1 aromatic heterocycles. The quantitative estimate of drug-likeness (QED) is 0.940. The number of hydrogen-bond donors (Lipinski definition) is 1. The van der Waals surface area contributed by atoms with E-state index in [1.54, 1.807) is 30.2 Å². The Morgan fingerprint density at radius 3 is 2.70 bits per heavy atom. The van der Waals surface area contributed by atoms with Crippen LogP contribution in [0.2, 0.25) is 0 Å². The maximum Gasteiger partial charge on any atom is 0.253 e. The second kappa shape index (κ2) is 6.60. The number of fused-ring (bicyclic) bond motifs is 1. The zero-order valence-electron chi connectivity index (χ0n) is 13.0. The minimum absolute atomic E-state index is 0.0586. The normalized spacial score (nSPS) is 14.7. The fraction of sp³-hybridized carbons (Fsp3) is 0.278. The topological polar surface area (TPSA) is 62.3 Å². The van der Waals surface area contributed by atoms with Crippen LogP contribution < -0.4 is 5.32 Å². The van der Waals surface area contributed by atoms with Crippen molar-refractivity contribution in [3.05, 3.63) is 65.5 Å². The zero-order chi connectivity index (χ0) is 16.2. The molecular formula is C18H19N3O2. The lowest BCUT2D eigenvalue weighted by molar-refractivity contribution is -0.133. The molecule has 3 rings (SSSR count). The summed E-state index contributed by atoms with van der Waals surface area (Å²) in [6.07, 6.45) is 3.95. The highest BCUT2D eigenvalue weighted by atomic mass is 16.2. The highest BCUT2D eigenvalue weighted by Crippen LogP contribution is 2.19. The van der Waals surface area contributed by atoms with Crippen LogP contribution >= 0.6 is 0 Å². The van der Waals surface area contributed by atoms with Gasteiger partial charge in [-0.25, -0.2) is 0 Å². The Kier molecular flexibility index (Phi) is 4.37. The predicted molar refractivity (Wildman–Crippen MR) is 86.7 cm³/mol. The zero-order valence-corrected chi connectivity index (χ0v) is 13.0. The van der Waals surface area contributed by atoms with Gasteiger partial charge in [-0.15, -0.1) is 0 Å². The van der Waals surface area contributed by atoms with Gasteiger partial charge in [0.15, 0.2) is 0 Å². The Bertz CT molecular complexity index is 715. The first-order valence-corrected chi connectivity index (χ1v) is 7.71. The third-order valence-corrected chi connectivity index (χ3v) is 4.08. The van der Waals surface area contributed by atoms with Gasteiger partial charge in [-0.1, -0.05) is 24.3 Å². The summed E-state index contributed by atoms with van der Waals surface area (Å²) in [5.41, 5.74) is 2.93. The van der Waals surface area contributed by atoms with Gasteiger partial charge in [0.1, 0.15) is 6.04 Å². The van der Waals surface area contributed by atoms with Crippen LogP contribution in [0.3, 0.4) is 0 Å².